The molecule has 1 fully saturated rings. The predicted octanol–water partition coefficient (Wildman–Crippen LogP) is 4.93. The third-order valence-corrected chi connectivity index (χ3v) is 5.86. The molecule has 1 aliphatic rings. The van der Waals surface area contributed by atoms with Gasteiger partial charge in [-0.2, -0.15) is 0 Å². The third kappa shape index (κ3) is 5.02. The average Bonchev–Trinajstić information content (AvgIpc) is 3.45. The number of ether oxygens (including phenoxy) is 1. The van der Waals surface area contributed by atoms with Gasteiger partial charge >= 0.3 is 0 Å². The minimum absolute atomic E-state index is 0.00126. The number of amides is 1. The van der Waals surface area contributed by atoms with E-state index in [1.165, 1.54) is 0 Å². The second-order valence-corrected chi connectivity index (χ2v) is 8.54. The molecule has 1 N–H and O–H groups in total. The van der Waals surface area contributed by atoms with Gasteiger partial charge in [0.1, 0.15) is 17.2 Å². The number of nitrogens with one attached hydrogen (secondary N) is 1. The molecule has 2 aromatic carbocycles. The van der Waals surface area contributed by atoms with Crippen molar-refractivity contribution in [2.75, 3.05) is 20.2 Å². The number of nitrogens with zero attached hydrogens (tertiary/aromatic N) is 2. The summed E-state index contributed by atoms with van der Waals surface area (Å²) in [5.74, 6) is 2.63. The van der Waals surface area contributed by atoms with E-state index in [4.69, 9.17) is 14.1 Å². The molecule has 32 heavy (non-hydrogen) atoms. The van der Waals surface area contributed by atoms with Crippen molar-refractivity contribution >= 4 is 5.91 Å². The van der Waals surface area contributed by atoms with Crippen LogP contribution in [0.1, 0.15) is 55.9 Å². The fourth-order valence-electron chi connectivity index (χ4n) is 4.20. The number of likely N-dealkylation sites (tertiary alicyclic amines) is 1. The van der Waals surface area contributed by atoms with Gasteiger partial charge in [-0.25, -0.2) is 4.98 Å². The summed E-state index contributed by atoms with van der Waals surface area (Å²) in [6, 6.07) is 17.9. The van der Waals surface area contributed by atoms with Gasteiger partial charge in [-0.1, -0.05) is 56.3 Å². The predicted molar refractivity (Wildman–Crippen MR) is 124 cm³/mol. The van der Waals surface area contributed by atoms with Crippen LogP contribution in [0.2, 0.25) is 0 Å². The van der Waals surface area contributed by atoms with Gasteiger partial charge in [0, 0.05) is 18.0 Å². The van der Waals surface area contributed by atoms with Crippen LogP contribution in [0.4, 0.5) is 0 Å². The Balaban J connectivity index is 1.45. The topological polar surface area (TPSA) is 67.6 Å². The molecular weight excluding hydrogens is 402 g/mol. The first kappa shape index (κ1) is 22.1. The van der Waals surface area contributed by atoms with Crippen LogP contribution in [0.5, 0.6) is 5.75 Å². The van der Waals surface area contributed by atoms with E-state index in [9.17, 15) is 4.79 Å². The van der Waals surface area contributed by atoms with E-state index in [1.54, 1.807) is 7.11 Å². The molecule has 1 aromatic heterocycles. The molecule has 1 aliphatic heterocycles. The van der Waals surface area contributed by atoms with E-state index in [2.05, 4.69) is 36.2 Å². The molecule has 0 bridgehead atoms. The standard InChI is InChI=1S/C26H31N3O3/c1-18(2)25-24(20-10-5-4-6-11-20)28-26(32-25)22-13-8-14-29(22)17-23(30)27-16-19-9-7-12-21(15-19)31-3/h4-7,9-12,15,18,22H,8,13-14,16-17H2,1-3H3,(H,27,30). The Kier molecular flexibility index (Phi) is 6.90. The summed E-state index contributed by atoms with van der Waals surface area (Å²) < 4.78 is 11.5. The van der Waals surface area contributed by atoms with E-state index in [0.717, 1.165) is 47.7 Å². The van der Waals surface area contributed by atoms with Crippen LogP contribution in [0, 0.1) is 0 Å². The number of hydrogen-bond donors (Lipinski definition) is 1. The van der Waals surface area contributed by atoms with Crippen molar-refractivity contribution in [3.05, 3.63) is 71.8 Å². The van der Waals surface area contributed by atoms with Crippen molar-refractivity contribution in [2.45, 2.75) is 45.2 Å². The Morgan fingerprint density at radius 3 is 2.78 bits per heavy atom. The fourth-order valence-corrected chi connectivity index (χ4v) is 4.20. The summed E-state index contributed by atoms with van der Waals surface area (Å²) >= 11 is 0. The summed E-state index contributed by atoms with van der Waals surface area (Å²) in [7, 11) is 1.64. The largest absolute Gasteiger partial charge is 0.497 e. The zero-order valence-corrected chi connectivity index (χ0v) is 19.0. The van der Waals surface area contributed by atoms with Crippen molar-refractivity contribution < 1.29 is 13.9 Å². The minimum Gasteiger partial charge on any atom is -0.497 e. The van der Waals surface area contributed by atoms with Crippen LogP contribution >= 0.6 is 0 Å². The molecule has 2 heterocycles. The van der Waals surface area contributed by atoms with Crippen LogP contribution < -0.4 is 10.1 Å². The number of hydrogen-bond acceptors (Lipinski definition) is 5. The zero-order chi connectivity index (χ0) is 22.5. The number of oxazole rings is 1. The van der Waals surface area contributed by atoms with Gasteiger partial charge in [0.2, 0.25) is 11.8 Å². The quantitative estimate of drug-likeness (QED) is 0.546. The number of rotatable bonds is 8. The number of carbonyl (C=O) groups is 1. The summed E-state index contributed by atoms with van der Waals surface area (Å²) in [5, 5.41) is 3.02. The van der Waals surface area contributed by atoms with Crippen LogP contribution in [0.25, 0.3) is 11.3 Å². The molecule has 4 rings (SSSR count). The molecule has 6 heteroatoms. The van der Waals surface area contributed by atoms with Crippen LogP contribution in [-0.4, -0.2) is 36.0 Å². The fraction of sp³-hybridized carbons (Fsp3) is 0.385. The lowest BCUT2D eigenvalue weighted by molar-refractivity contribution is -0.122. The molecule has 0 saturated carbocycles. The maximum Gasteiger partial charge on any atom is 0.234 e. The average molecular weight is 434 g/mol. The molecule has 168 valence electrons. The molecule has 0 spiro atoms. The Morgan fingerprint density at radius 2 is 2.03 bits per heavy atom. The SMILES string of the molecule is COc1cccc(CNC(=O)CN2CCCC2c2nc(-c3ccccc3)c(C(C)C)o2)c1. The highest BCUT2D eigenvalue weighted by atomic mass is 16.5. The molecule has 1 saturated heterocycles. The summed E-state index contributed by atoms with van der Waals surface area (Å²) in [6.07, 6.45) is 1.96. The monoisotopic (exact) mass is 433 g/mol. The molecule has 6 nitrogen and oxygen atoms in total. The Hall–Kier alpha value is -3.12. The second kappa shape index (κ2) is 10.0. The Bertz CT molecular complexity index is 1050. The number of carbonyl (C=O) groups excluding carboxylic acids is 1. The van der Waals surface area contributed by atoms with Crippen LogP contribution in [0.15, 0.2) is 59.0 Å². The Labute approximate surface area is 189 Å². The van der Waals surface area contributed by atoms with Crippen LogP contribution in [-0.2, 0) is 11.3 Å². The Morgan fingerprint density at radius 1 is 1.22 bits per heavy atom. The summed E-state index contributed by atoms with van der Waals surface area (Å²) in [6.45, 7) is 5.90. The smallest absolute Gasteiger partial charge is 0.234 e. The van der Waals surface area contributed by atoms with Crippen LogP contribution in [0.3, 0.4) is 0 Å². The van der Waals surface area contributed by atoms with Crippen molar-refractivity contribution in [3.63, 3.8) is 0 Å². The first-order chi connectivity index (χ1) is 15.5. The molecule has 1 amide bonds. The van der Waals surface area contributed by atoms with Gasteiger partial charge in [-0.05, 0) is 37.1 Å². The highest BCUT2D eigenvalue weighted by Crippen LogP contribution is 2.37. The highest BCUT2D eigenvalue weighted by Gasteiger charge is 2.32. The molecule has 0 radical (unpaired) electrons. The lowest BCUT2D eigenvalue weighted by atomic mass is 10.0. The minimum atomic E-state index is -0.00126. The molecule has 1 unspecified atom stereocenters. The van der Waals surface area contributed by atoms with Crippen molar-refractivity contribution in [1.82, 2.24) is 15.2 Å². The molecule has 0 aliphatic carbocycles. The molecule has 3 aromatic rings. The van der Waals surface area contributed by atoms with Gasteiger partial charge in [0.15, 0.2) is 0 Å². The molecular formula is C26H31N3O3. The molecule has 1 atom stereocenters. The highest BCUT2D eigenvalue weighted by molar-refractivity contribution is 5.78. The van der Waals surface area contributed by atoms with Crippen molar-refractivity contribution in [1.29, 1.82) is 0 Å². The van der Waals surface area contributed by atoms with Gasteiger partial charge in [0.25, 0.3) is 0 Å². The van der Waals surface area contributed by atoms with E-state index >= 15 is 0 Å². The third-order valence-electron chi connectivity index (χ3n) is 5.86. The van der Waals surface area contributed by atoms with Gasteiger partial charge in [0.05, 0.1) is 19.7 Å². The van der Waals surface area contributed by atoms with Crippen molar-refractivity contribution in [2.24, 2.45) is 0 Å². The maximum absolute atomic E-state index is 12.7. The summed E-state index contributed by atoms with van der Waals surface area (Å²) in [5.41, 5.74) is 2.98. The van der Waals surface area contributed by atoms with E-state index in [1.807, 2.05) is 42.5 Å². The summed E-state index contributed by atoms with van der Waals surface area (Å²) in [4.78, 5) is 19.7. The number of methoxy groups -OCH3 is 1. The van der Waals surface area contributed by atoms with E-state index in [0.29, 0.717) is 19.0 Å². The maximum atomic E-state index is 12.7. The number of benzene rings is 2. The van der Waals surface area contributed by atoms with E-state index in [-0.39, 0.29) is 17.9 Å². The van der Waals surface area contributed by atoms with Crippen molar-refractivity contribution in [3.8, 4) is 17.0 Å². The van der Waals surface area contributed by atoms with E-state index < -0.39 is 0 Å². The zero-order valence-electron chi connectivity index (χ0n) is 19.0. The first-order valence-corrected chi connectivity index (χ1v) is 11.2. The van der Waals surface area contributed by atoms with Gasteiger partial charge < -0.3 is 14.5 Å². The van der Waals surface area contributed by atoms with Gasteiger partial charge in [-0.3, -0.25) is 9.69 Å². The lowest BCUT2D eigenvalue weighted by Crippen LogP contribution is -2.36. The second-order valence-electron chi connectivity index (χ2n) is 8.54. The first-order valence-electron chi connectivity index (χ1n) is 11.2. The number of aromatic nitrogens is 1. The van der Waals surface area contributed by atoms with Gasteiger partial charge in [-0.15, -0.1) is 0 Å². The lowest BCUT2D eigenvalue weighted by Gasteiger charge is -2.21. The normalized spacial score (nSPS) is 16.4.